The summed E-state index contributed by atoms with van der Waals surface area (Å²) in [7, 11) is 1.55. The van der Waals surface area contributed by atoms with Crippen LogP contribution in [0, 0.1) is 12.8 Å². The number of likely N-dealkylation sites (tertiary alicyclic amines) is 1. The van der Waals surface area contributed by atoms with Crippen LogP contribution in [0.3, 0.4) is 0 Å². The molecule has 2 aromatic heterocycles. The molecule has 3 heterocycles. The second kappa shape index (κ2) is 7.44. The molecule has 24 heavy (non-hydrogen) atoms. The molecule has 0 spiro atoms. The van der Waals surface area contributed by atoms with E-state index in [2.05, 4.69) is 20.2 Å². The van der Waals surface area contributed by atoms with Crippen molar-refractivity contribution in [1.29, 1.82) is 0 Å². The van der Waals surface area contributed by atoms with Crippen molar-refractivity contribution in [3.63, 3.8) is 0 Å². The molecule has 3 rings (SSSR count). The largest absolute Gasteiger partial charge is 0.469 e. The first-order valence-electron chi connectivity index (χ1n) is 8.05. The van der Waals surface area contributed by atoms with Gasteiger partial charge >= 0.3 is 6.01 Å². The highest BCUT2D eigenvalue weighted by Gasteiger charge is 2.23. The molecule has 7 heteroatoms. The number of rotatable bonds is 6. The van der Waals surface area contributed by atoms with Crippen LogP contribution in [-0.4, -0.2) is 47.5 Å². The molecule has 1 saturated heterocycles. The van der Waals surface area contributed by atoms with E-state index in [0.29, 0.717) is 29.8 Å². The first-order valence-corrected chi connectivity index (χ1v) is 8.05. The molecule has 2 aromatic rings. The Morgan fingerprint density at radius 3 is 2.92 bits per heavy atom. The average molecular weight is 330 g/mol. The number of aryl methyl sites for hydroxylation is 1. The minimum absolute atomic E-state index is 0.0664. The first-order chi connectivity index (χ1) is 11.7. The molecule has 1 atom stereocenters. The van der Waals surface area contributed by atoms with Crippen LogP contribution in [0.4, 0.5) is 0 Å². The lowest BCUT2D eigenvalue weighted by atomic mass is 10.1. The molecule has 1 aliphatic rings. The Labute approximate surface area is 141 Å². The Balaban J connectivity index is 1.45. The number of ether oxygens (including phenoxy) is 1. The van der Waals surface area contributed by atoms with Gasteiger partial charge in [-0.05, 0) is 31.9 Å². The third-order valence-electron chi connectivity index (χ3n) is 4.30. The first kappa shape index (κ1) is 16.4. The van der Waals surface area contributed by atoms with Crippen molar-refractivity contribution in [3.05, 3.63) is 41.6 Å². The van der Waals surface area contributed by atoms with Crippen molar-refractivity contribution in [2.75, 3.05) is 26.7 Å². The predicted octanol–water partition coefficient (Wildman–Crippen LogP) is 1.64. The van der Waals surface area contributed by atoms with Gasteiger partial charge in [0.05, 0.1) is 18.9 Å². The Bertz CT molecular complexity index is 683. The molecule has 1 amide bonds. The third kappa shape index (κ3) is 3.91. The Hall–Kier alpha value is -2.41. The van der Waals surface area contributed by atoms with E-state index in [1.165, 1.54) is 0 Å². The average Bonchev–Trinajstić information content (AvgIpc) is 3.22. The number of aromatic nitrogens is 2. The summed E-state index contributed by atoms with van der Waals surface area (Å²) in [4.78, 5) is 22.7. The second-order valence-electron chi connectivity index (χ2n) is 6.07. The number of furan rings is 1. The zero-order valence-corrected chi connectivity index (χ0v) is 14.0. The minimum atomic E-state index is -0.0664. The molecule has 0 aromatic carbocycles. The second-order valence-corrected chi connectivity index (χ2v) is 6.07. The number of hydrogen-bond donors (Lipinski definition) is 1. The minimum Gasteiger partial charge on any atom is -0.469 e. The van der Waals surface area contributed by atoms with Gasteiger partial charge in [-0.25, -0.2) is 9.97 Å². The maximum Gasteiger partial charge on any atom is 0.316 e. The summed E-state index contributed by atoms with van der Waals surface area (Å²) in [6, 6.07) is 2.09. The van der Waals surface area contributed by atoms with Crippen LogP contribution in [0.25, 0.3) is 0 Å². The van der Waals surface area contributed by atoms with Crippen LogP contribution < -0.4 is 10.1 Å². The molecule has 0 bridgehead atoms. The van der Waals surface area contributed by atoms with Gasteiger partial charge in [-0.2, -0.15) is 0 Å². The van der Waals surface area contributed by atoms with Crippen molar-refractivity contribution >= 4 is 5.91 Å². The summed E-state index contributed by atoms with van der Waals surface area (Å²) < 4.78 is 10.1. The van der Waals surface area contributed by atoms with Gasteiger partial charge in [0.15, 0.2) is 0 Å². The fourth-order valence-corrected chi connectivity index (χ4v) is 2.96. The van der Waals surface area contributed by atoms with Gasteiger partial charge < -0.3 is 14.5 Å². The monoisotopic (exact) mass is 330 g/mol. The van der Waals surface area contributed by atoms with E-state index in [9.17, 15) is 4.79 Å². The van der Waals surface area contributed by atoms with Crippen LogP contribution in [0.1, 0.15) is 28.1 Å². The molecular weight excluding hydrogens is 308 g/mol. The smallest absolute Gasteiger partial charge is 0.316 e. The third-order valence-corrected chi connectivity index (χ3v) is 4.30. The van der Waals surface area contributed by atoms with E-state index in [1.807, 2.05) is 0 Å². The number of nitrogens with one attached hydrogen (secondary N) is 1. The standard InChI is InChI=1S/C17H22N4O3/c1-12-15(4-6-24-12)16(22)18-7-13-3-5-21(10-13)11-14-8-19-17(23-2)20-9-14/h4,6,8-9,13H,3,5,7,10-11H2,1-2H3,(H,18,22)/t13-/m0/s1. The summed E-state index contributed by atoms with van der Waals surface area (Å²) in [6.07, 6.45) is 6.20. The maximum atomic E-state index is 12.1. The van der Waals surface area contributed by atoms with Crippen LogP contribution in [0.5, 0.6) is 6.01 Å². The van der Waals surface area contributed by atoms with E-state index in [0.717, 1.165) is 31.6 Å². The lowest BCUT2D eigenvalue weighted by molar-refractivity contribution is 0.0945. The number of amides is 1. The molecule has 7 nitrogen and oxygen atoms in total. The molecule has 1 fully saturated rings. The summed E-state index contributed by atoms with van der Waals surface area (Å²) in [5.41, 5.74) is 1.68. The van der Waals surface area contributed by atoms with Gasteiger partial charge in [-0.1, -0.05) is 0 Å². The fraction of sp³-hybridized carbons (Fsp3) is 0.471. The number of hydrogen-bond acceptors (Lipinski definition) is 6. The van der Waals surface area contributed by atoms with E-state index < -0.39 is 0 Å². The van der Waals surface area contributed by atoms with Crippen molar-refractivity contribution in [2.24, 2.45) is 5.92 Å². The molecule has 1 aliphatic heterocycles. The summed E-state index contributed by atoms with van der Waals surface area (Å²) in [5.74, 6) is 1.05. The Morgan fingerprint density at radius 2 is 2.25 bits per heavy atom. The maximum absolute atomic E-state index is 12.1. The molecule has 0 radical (unpaired) electrons. The van der Waals surface area contributed by atoms with E-state index >= 15 is 0 Å². The van der Waals surface area contributed by atoms with E-state index in [4.69, 9.17) is 9.15 Å². The van der Waals surface area contributed by atoms with Gasteiger partial charge in [0, 0.05) is 37.6 Å². The topological polar surface area (TPSA) is 80.5 Å². The van der Waals surface area contributed by atoms with Crippen molar-refractivity contribution < 1.29 is 13.9 Å². The van der Waals surface area contributed by atoms with Crippen molar-refractivity contribution in [3.8, 4) is 6.01 Å². The highest BCUT2D eigenvalue weighted by molar-refractivity contribution is 5.95. The van der Waals surface area contributed by atoms with Crippen molar-refractivity contribution in [2.45, 2.75) is 19.9 Å². The molecule has 0 unspecified atom stereocenters. The summed E-state index contributed by atoms with van der Waals surface area (Å²) >= 11 is 0. The van der Waals surface area contributed by atoms with Gasteiger partial charge in [-0.15, -0.1) is 0 Å². The van der Waals surface area contributed by atoms with Crippen LogP contribution in [0.2, 0.25) is 0 Å². The Morgan fingerprint density at radius 1 is 1.46 bits per heavy atom. The molecule has 0 aliphatic carbocycles. The van der Waals surface area contributed by atoms with Gasteiger partial charge in [0.25, 0.3) is 5.91 Å². The fourth-order valence-electron chi connectivity index (χ4n) is 2.96. The zero-order chi connectivity index (χ0) is 16.9. The van der Waals surface area contributed by atoms with Crippen LogP contribution in [0.15, 0.2) is 29.1 Å². The van der Waals surface area contributed by atoms with Gasteiger partial charge in [-0.3, -0.25) is 9.69 Å². The SMILES string of the molecule is COc1ncc(CN2CC[C@@H](CNC(=O)c3ccoc3C)C2)cn1. The molecular formula is C17H22N4O3. The van der Waals surface area contributed by atoms with Gasteiger partial charge in [0.1, 0.15) is 5.76 Å². The van der Waals surface area contributed by atoms with Crippen molar-refractivity contribution in [1.82, 2.24) is 20.2 Å². The van der Waals surface area contributed by atoms with E-state index in [-0.39, 0.29) is 5.91 Å². The highest BCUT2D eigenvalue weighted by Crippen LogP contribution is 2.18. The lowest BCUT2D eigenvalue weighted by Crippen LogP contribution is -2.31. The number of carbonyl (C=O) groups is 1. The normalized spacial score (nSPS) is 17.8. The summed E-state index contributed by atoms with van der Waals surface area (Å²) in [5, 5.41) is 3.00. The number of nitrogens with zero attached hydrogens (tertiary/aromatic N) is 3. The number of carbonyl (C=O) groups excluding carboxylic acids is 1. The summed E-state index contributed by atoms with van der Waals surface area (Å²) in [6.45, 7) is 5.26. The number of methoxy groups -OCH3 is 1. The molecule has 1 N–H and O–H groups in total. The van der Waals surface area contributed by atoms with Crippen LogP contribution >= 0.6 is 0 Å². The Kier molecular flexibility index (Phi) is 5.10. The highest BCUT2D eigenvalue weighted by atomic mass is 16.5. The zero-order valence-electron chi connectivity index (χ0n) is 14.0. The quantitative estimate of drug-likeness (QED) is 0.867. The van der Waals surface area contributed by atoms with E-state index in [1.54, 1.807) is 38.8 Å². The molecule has 128 valence electrons. The predicted molar refractivity (Wildman–Crippen MR) is 87.7 cm³/mol. The van der Waals surface area contributed by atoms with Crippen LogP contribution in [-0.2, 0) is 6.54 Å². The molecule has 0 saturated carbocycles. The van der Waals surface area contributed by atoms with Gasteiger partial charge in [0.2, 0.25) is 0 Å². The lowest BCUT2D eigenvalue weighted by Gasteiger charge is -2.16.